The highest BCUT2D eigenvalue weighted by Gasteiger charge is 2.28. The molecule has 0 saturated carbocycles. The number of aliphatic hydroxyl groups excluding tert-OH is 1. The summed E-state index contributed by atoms with van der Waals surface area (Å²) >= 11 is 1.08. The summed E-state index contributed by atoms with van der Waals surface area (Å²) in [5.74, 6) is 0.179. The molecule has 7 heteroatoms. The number of hydrogen-bond acceptors (Lipinski definition) is 5. The quantitative estimate of drug-likeness (QED) is 0.480. The topological polar surface area (TPSA) is 104 Å². The molecule has 1 heterocycles. The third-order valence-electron chi connectivity index (χ3n) is 2.12. The van der Waals surface area contributed by atoms with Gasteiger partial charge in [0.25, 0.3) is 5.24 Å². The molecule has 3 atom stereocenters. The maximum Gasteiger partial charge on any atom is 0.279 e. The molecular formula is C8H15N3O3S. The molecule has 0 aromatic heterocycles. The minimum atomic E-state index is -0.669. The number of rotatable bonds is 4. The van der Waals surface area contributed by atoms with Gasteiger partial charge in [-0.25, -0.2) is 0 Å². The van der Waals surface area contributed by atoms with Crippen molar-refractivity contribution in [2.45, 2.75) is 25.1 Å². The Labute approximate surface area is 92.0 Å². The van der Waals surface area contributed by atoms with Crippen LogP contribution in [0.15, 0.2) is 0 Å². The van der Waals surface area contributed by atoms with Crippen LogP contribution < -0.4 is 16.4 Å². The zero-order valence-corrected chi connectivity index (χ0v) is 9.21. The van der Waals surface area contributed by atoms with Crippen LogP contribution in [-0.2, 0) is 4.79 Å². The second-order valence-corrected chi connectivity index (χ2v) is 4.44. The number of nitrogens with two attached hydrogens (primary N) is 1. The average Bonchev–Trinajstić information content (AvgIpc) is 2.60. The van der Waals surface area contributed by atoms with Crippen molar-refractivity contribution in [1.82, 2.24) is 10.6 Å². The zero-order valence-electron chi connectivity index (χ0n) is 8.40. The van der Waals surface area contributed by atoms with Crippen molar-refractivity contribution in [3.05, 3.63) is 0 Å². The van der Waals surface area contributed by atoms with Crippen molar-refractivity contribution in [3.8, 4) is 0 Å². The van der Waals surface area contributed by atoms with Gasteiger partial charge in [0.2, 0.25) is 5.91 Å². The minimum Gasteiger partial charge on any atom is -0.392 e. The largest absolute Gasteiger partial charge is 0.392 e. The number of carbonyl (C=O) groups excluding carboxylic acids is 2. The van der Waals surface area contributed by atoms with E-state index in [-0.39, 0.29) is 17.7 Å². The van der Waals surface area contributed by atoms with Gasteiger partial charge in [-0.3, -0.25) is 9.59 Å². The van der Waals surface area contributed by atoms with Crippen LogP contribution in [0.5, 0.6) is 0 Å². The van der Waals surface area contributed by atoms with E-state index in [2.05, 4.69) is 10.6 Å². The van der Waals surface area contributed by atoms with Crippen LogP contribution in [0, 0.1) is 0 Å². The van der Waals surface area contributed by atoms with E-state index in [9.17, 15) is 9.59 Å². The highest BCUT2D eigenvalue weighted by Crippen LogP contribution is 2.12. The fourth-order valence-corrected chi connectivity index (χ4v) is 1.82. The molecular weight excluding hydrogens is 218 g/mol. The Morgan fingerprint density at radius 3 is 3.00 bits per heavy atom. The van der Waals surface area contributed by atoms with Gasteiger partial charge >= 0.3 is 0 Å². The van der Waals surface area contributed by atoms with E-state index in [4.69, 9.17) is 10.8 Å². The van der Waals surface area contributed by atoms with Crippen LogP contribution in [0.1, 0.15) is 6.92 Å². The Morgan fingerprint density at radius 2 is 2.53 bits per heavy atom. The lowest BCUT2D eigenvalue weighted by Crippen LogP contribution is -2.49. The first-order valence-electron chi connectivity index (χ1n) is 4.65. The van der Waals surface area contributed by atoms with Crippen LogP contribution in [0.3, 0.4) is 0 Å². The number of amides is 2. The summed E-state index contributed by atoms with van der Waals surface area (Å²) in [7, 11) is 0. The minimum absolute atomic E-state index is 0.185. The van der Waals surface area contributed by atoms with Gasteiger partial charge < -0.3 is 21.5 Å². The van der Waals surface area contributed by atoms with Gasteiger partial charge in [-0.1, -0.05) is 11.8 Å². The first-order valence-corrected chi connectivity index (χ1v) is 5.64. The Bertz CT molecular complexity index is 260. The SMILES string of the molecule is CC(O)C(N)CNC(=O)C1CSC(=O)N1. The molecule has 6 nitrogen and oxygen atoms in total. The third kappa shape index (κ3) is 3.69. The first-order chi connectivity index (χ1) is 7.00. The van der Waals surface area contributed by atoms with Crippen LogP contribution in [0.2, 0.25) is 0 Å². The molecule has 0 bridgehead atoms. The van der Waals surface area contributed by atoms with Crippen molar-refractivity contribution < 1.29 is 14.7 Å². The predicted octanol–water partition coefficient (Wildman–Crippen LogP) is -1.36. The maximum absolute atomic E-state index is 11.4. The van der Waals surface area contributed by atoms with Gasteiger partial charge in [-0.2, -0.15) is 0 Å². The highest BCUT2D eigenvalue weighted by atomic mass is 32.2. The zero-order chi connectivity index (χ0) is 11.4. The Hall–Kier alpha value is -0.790. The summed E-state index contributed by atoms with van der Waals surface area (Å²) in [4.78, 5) is 22.3. The van der Waals surface area contributed by atoms with Gasteiger partial charge in [0, 0.05) is 18.3 Å². The fourth-order valence-electron chi connectivity index (χ4n) is 1.04. The van der Waals surface area contributed by atoms with E-state index >= 15 is 0 Å². The van der Waals surface area contributed by atoms with Gasteiger partial charge in [0.05, 0.1) is 6.10 Å². The van der Waals surface area contributed by atoms with Crippen LogP contribution in [0.25, 0.3) is 0 Å². The van der Waals surface area contributed by atoms with Gasteiger partial charge in [0.1, 0.15) is 6.04 Å². The first kappa shape index (κ1) is 12.3. The summed E-state index contributed by atoms with van der Waals surface area (Å²) in [6.07, 6.45) is -0.669. The molecule has 3 unspecified atom stereocenters. The fraction of sp³-hybridized carbons (Fsp3) is 0.750. The van der Waals surface area contributed by atoms with Gasteiger partial charge in [-0.05, 0) is 6.92 Å². The van der Waals surface area contributed by atoms with E-state index in [0.29, 0.717) is 5.75 Å². The molecule has 1 rings (SSSR count). The lowest BCUT2D eigenvalue weighted by molar-refractivity contribution is -0.122. The Balaban J connectivity index is 2.27. The number of nitrogens with one attached hydrogen (secondary N) is 2. The Morgan fingerprint density at radius 1 is 1.87 bits per heavy atom. The van der Waals surface area contributed by atoms with Crippen molar-refractivity contribution in [1.29, 1.82) is 0 Å². The monoisotopic (exact) mass is 233 g/mol. The van der Waals surface area contributed by atoms with Gasteiger partial charge in [-0.15, -0.1) is 0 Å². The lowest BCUT2D eigenvalue weighted by atomic mass is 10.2. The standard InChI is InChI=1S/C8H15N3O3S/c1-4(12)5(9)2-10-7(13)6-3-15-8(14)11-6/h4-6,12H,2-3,9H2,1H3,(H,10,13)(H,11,14). The van der Waals surface area contributed by atoms with E-state index in [1.165, 1.54) is 0 Å². The molecule has 1 saturated heterocycles. The second-order valence-electron chi connectivity index (χ2n) is 3.44. The smallest absolute Gasteiger partial charge is 0.279 e. The molecule has 1 aliphatic rings. The summed E-state index contributed by atoms with van der Waals surface area (Å²) in [6.45, 7) is 1.76. The summed E-state index contributed by atoms with van der Waals surface area (Å²) < 4.78 is 0. The number of carbonyl (C=O) groups is 2. The van der Waals surface area contributed by atoms with Crippen molar-refractivity contribution in [2.75, 3.05) is 12.3 Å². The predicted molar refractivity (Wildman–Crippen MR) is 57.4 cm³/mol. The molecule has 0 aromatic carbocycles. The molecule has 2 amide bonds. The van der Waals surface area contributed by atoms with Crippen molar-refractivity contribution in [3.63, 3.8) is 0 Å². The van der Waals surface area contributed by atoms with E-state index in [1.807, 2.05) is 0 Å². The van der Waals surface area contributed by atoms with Crippen molar-refractivity contribution >= 4 is 22.9 Å². The van der Waals surface area contributed by atoms with Crippen LogP contribution in [-0.4, -0.2) is 46.7 Å². The van der Waals surface area contributed by atoms with Crippen LogP contribution in [0.4, 0.5) is 4.79 Å². The van der Waals surface area contributed by atoms with Crippen LogP contribution >= 0.6 is 11.8 Å². The van der Waals surface area contributed by atoms with E-state index in [1.54, 1.807) is 6.92 Å². The third-order valence-corrected chi connectivity index (χ3v) is 3.00. The highest BCUT2D eigenvalue weighted by molar-refractivity contribution is 8.14. The van der Waals surface area contributed by atoms with E-state index in [0.717, 1.165) is 11.8 Å². The molecule has 86 valence electrons. The molecule has 5 N–H and O–H groups in total. The average molecular weight is 233 g/mol. The summed E-state index contributed by atoms with van der Waals surface area (Å²) in [5, 5.41) is 14.0. The molecule has 15 heavy (non-hydrogen) atoms. The maximum atomic E-state index is 11.4. The summed E-state index contributed by atoms with van der Waals surface area (Å²) in [6, 6.07) is -0.970. The summed E-state index contributed by atoms with van der Waals surface area (Å²) in [5.41, 5.74) is 5.53. The second kappa shape index (κ2) is 5.34. The molecule has 1 fully saturated rings. The van der Waals surface area contributed by atoms with Crippen molar-refractivity contribution in [2.24, 2.45) is 5.73 Å². The Kier molecular flexibility index (Phi) is 4.37. The van der Waals surface area contributed by atoms with E-state index < -0.39 is 18.2 Å². The lowest BCUT2D eigenvalue weighted by Gasteiger charge is -2.16. The number of hydrogen-bond donors (Lipinski definition) is 4. The normalized spacial score (nSPS) is 24.5. The van der Waals surface area contributed by atoms with Gasteiger partial charge in [0.15, 0.2) is 0 Å². The number of aliphatic hydroxyl groups is 1. The molecule has 0 radical (unpaired) electrons. The molecule has 0 spiro atoms. The number of thioether (sulfide) groups is 1. The molecule has 0 aromatic rings. The molecule has 1 aliphatic heterocycles. The molecule has 0 aliphatic carbocycles.